The molecule has 0 radical (unpaired) electrons. The van der Waals surface area contributed by atoms with Crippen LogP contribution in [0.3, 0.4) is 0 Å². The highest BCUT2D eigenvalue weighted by molar-refractivity contribution is 6.45. The number of aromatic nitrogens is 1. The van der Waals surface area contributed by atoms with Crippen LogP contribution in [0.4, 0.5) is 0 Å². The zero-order chi connectivity index (χ0) is 9.59. The molecule has 2 rings (SSSR count). The Morgan fingerprint density at radius 1 is 1.15 bits per heavy atom. The molecule has 0 bridgehead atoms. The molecule has 68 valence electrons. The van der Waals surface area contributed by atoms with Gasteiger partial charge in [0.2, 0.25) is 0 Å². The van der Waals surface area contributed by atoms with Gasteiger partial charge in [-0.1, -0.05) is 29.3 Å². The highest BCUT2D eigenvalue weighted by Gasteiger charge is 2.10. The zero-order valence-corrected chi connectivity index (χ0v) is 8.92. The molecule has 1 aromatic heterocycles. The summed E-state index contributed by atoms with van der Waals surface area (Å²) in [5.74, 6) is 0. The Balaban J connectivity index is 2.97. The molecule has 0 unspecified atom stereocenters. The number of aryl methyl sites for hydroxylation is 2. The van der Waals surface area contributed by atoms with Crippen molar-refractivity contribution in [2.45, 2.75) is 13.8 Å². The number of rotatable bonds is 0. The molecule has 1 aromatic carbocycles. The van der Waals surface area contributed by atoms with Crippen LogP contribution in [-0.4, -0.2) is 4.98 Å². The van der Waals surface area contributed by atoms with E-state index in [0.717, 1.165) is 10.9 Å². The topological polar surface area (TPSA) is 15.8 Å². The Morgan fingerprint density at radius 3 is 2.54 bits per heavy atom. The molecule has 13 heavy (non-hydrogen) atoms. The number of H-pyrrole nitrogens is 1. The Morgan fingerprint density at radius 2 is 1.85 bits per heavy atom. The Bertz CT molecular complexity index is 471. The lowest BCUT2D eigenvalue weighted by molar-refractivity contribution is 1.37. The van der Waals surface area contributed by atoms with Gasteiger partial charge in [0.05, 0.1) is 5.02 Å². The largest absolute Gasteiger partial charge is 0.344 e. The zero-order valence-electron chi connectivity index (χ0n) is 7.41. The number of hydrogen-bond donors (Lipinski definition) is 1. The van der Waals surface area contributed by atoms with Crippen LogP contribution >= 0.6 is 23.2 Å². The minimum absolute atomic E-state index is 0.519. The summed E-state index contributed by atoms with van der Waals surface area (Å²) in [4.78, 5) is 3.03. The summed E-state index contributed by atoms with van der Waals surface area (Å²) in [6.07, 6.45) is 0. The third kappa shape index (κ3) is 1.23. The summed E-state index contributed by atoms with van der Waals surface area (Å²) in [7, 11) is 0. The summed E-state index contributed by atoms with van der Waals surface area (Å²) in [5, 5.41) is 2.18. The van der Waals surface area contributed by atoms with E-state index < -0.39 is 0 Å². The molecule has 0 aliphatic rings. The lowest BCUT2D eigenvalue weighted by Crippen LogP contribution is -1.80. The monoisotopic (exact) mass is 213 g/mol. The van der Waals surface area contributed by atoms with Crippen LogP contribution in [0.25, 0.3) is 10.9 Å². The molecule has 0 aliphatic heterocycles. The molecule has 0 fully saturated rings. The van der Waals surface area contributed by atoms with Gasteiger partial charge in [-0.3, -0.25) is 0 Å². The predicted molar refractivity (Wildman–Crippen MR) is 57.8 cm³/mol. The second-order valence-electron chi connectivity index (χ2n) is 3.18. The summed E-state index contributed by atoms with van der Waals surface area (Å²) in [6, 6.07) is 4.05. The van der Waals surface area contributed by atoms with Gasteiger partial charge in [-0.25, -0.2) is 0 Å². The molecular weight excluding hydrogens is 205 g/mol. The third-order valence-corrected chi connectivity index (χ3v) is 3.15. The van der Waals surface area contributed by atoms with E-state index in [1.165, 1.54) is 11.1 Å². The van der Waals surface area contributed by atoms with Gasteiger partial charge in [0.25, 0.3) is 0 Å². The lowest BCUT2D eigenvalue weighted by Gasteiger charge is -2.00. The second-order valence-corrected chi connectivity index (χ2v) is 3.94. The van der Waals surface area contributed by atoms with E-state index in [4.69, 9.17) is 23.2 Å². The van der Waals surface area contributed by atoms with E-state index in [-0.39, 0.29) is 0 Å². The van der Waals surface area contributed by atoms with Crippen molar-refractivity contribution in [3.63, 3.8) is 0 Å². The van der Waals surface area contributed by atoms with Gasteiger partial charge in [0.1, 0.15) is 5.15 Å². The number of nitrogens with one attached hydrogen (secondary N) is 1. The first-order chi connectivity index (χ1) is 6.11. The fourth-order valence-electron chi connectivity index (χ4n) is 1.49. The molecule has 1 N–H and O–H groups in total. The highest BCUT2D eigenvalue weighted by atomic mass is 35.5. The van der Waals surface area contributed by atoms with E-state index >= 15 is 0 Å². The molecule has 0 saturated carbocycles. The highest BCUT2D eigenvalue weighted by Crippen LogP contribution is 2.33. The molecule has 0 spiro atoms. The number of hydrogen-bond acceptors (Lipinski definition) is 0. The molecule has 3 heteroatoms. The van der Waals surface area contributed by atoms with E-state index in [0.29, 0.717) is 10.2 Å². The Kier molecular flexibility index (Phi) is 2.01. The molecule has 2 aromatic rings. The smallest absolute Gasteiger partial charge is 0.126 e. The molecule has 1 nitrogen and oxygen atoms in total. The first-order valence-corrected chi connectivity index (χ1v) is 4.79. The first kappa shape index (κ1) is 8.92. The normalized spacial score (nSPS) is 11.1. The van der Waals surface area contributed by atoms with Crippen LogP contribution in [0.1, 0.15) is 11.1 Å². The molecule has 1 heterocycles. The van der Waals surface area contributed by atoms with E-state index in [1.807, 2.05) is 13.0 Å². The quantitative estimate of drug-likeness (QED) is 0.679. The van der Waals surface area contributed by atoms with Crippen molar-refractivity contribution in [1.29, 1.82) is 0 Å². The van der Waals surface area contributed by atoms with Crippen molar-refractivity contribution >= 4 is 34.1 Å². The maximum Gasteiger partial charge on any atom is 0.126 e. The number of halogens is 2. The van der Waals surface area contributed by atoms with Gasteiger partial charge in [0, 0.05) is 10.9 Å². The van der Waals surface area contributed by atoms with Crippen molar-refractivity contribution < 1.29 is 0 Å². The van der Waals surface area contributed by atoms with E-state index in [2.05, 4.69) is 18.0 Å². The van der Waals surface area contributed by atoms with Crippen molar-refractivity contribution in [2.75, 3.05) is 0 Å². The van der Waals surface area contributed by atoms with Crippen LogP contribution in [0.5, 0.6) is 0 Å². The lowest BCUT2D eigenvalue weighted by atomic mass is 10.1. The molecule has 0 aliphatic carbocycles. The van der Waals surface area contributed by atoms with Crippen LogP contribution < -0.4 is 0 Å². The van der Waals surface area contributed by atoms with Crippen molar-refractivity contribution in [3.8, 4) is 0 Å². The average molecular weight is 214 g/mol. The number of benzene rings is 1. The Hall–Kier alpha value is -0.660. The van der Waals surface area contributed by atoms with Crippen LogP contribution in [0.15, 0.2) is 12.1 Å². The fraction of sp³-hybridized carbons (Fsp3) is 0.200. The summed E-state index contributed by atoms with van der Waals surface area (Å²) >= 11 is 11.9. The SMILES string of the molecule is Cc1ccc2[nH]c(Cl)c(Cl)c2c1C. The van der Waals surface area contributed by atoms with Gasteiger partial charge >= 0.3 is 0 Å². The summed E-state index contributed by atoms with van der Waals surface area (Å²) in [6.45, 7) is 4.11. The molecule has 0 saturated heterocycles. The van der Waals surface area contributed by atoms with Gasteiger partial charge in [-0.15, -0.1) is 0 Å². The Labute approximate surface area is 86.7 Å². The van der Waals surface area contributed by atoms with Crippen LogP contribution in [-0.2, 0) is 0 Å². The molecule has 0 amide bonds. The maximum absolute atomic E-state index is 6.06. The van der Waals surface area contributed by atoms with Crippen LogP contribution in [0, 0.1) is 13.8 Å². The second kappa shape index (κ2) is 2.93. The van der Waals surface area contributed by atoms with Crippen molar-refractivity contribution in [1.82, 2.24) is 4.98 Å². The summed E-state index contributed by atoms with van der Waals surface area (Å²) in [5.41, 5.74) is 3.41. The molecular formula is C10H9Cl2N. The summed E-state index contributed by atoms with van der Waals surface area (Å²) < 4.78 is 0. The van der Waals surface area contributed by atoms with E-state index in [9.17, 15) is 0 Å². The molecule has 0 atom stereocenters. The maximum atomic E-state index is 6.06. The van der Waals surface area contributed by atoms with Gasteiger partial charge in [-0.2, -0.15) is 0 Å². The standard InChI is InChI=1S/C10H9Cl2N/c1-5-3-4-7-8(6(5)2)9(11)10(12)13-7/h3-4,13H,1-2H3. The number of aromatic amines is 1. The first-order valence-electron chi connectivity index (χ1n) is 4.04. The van der Waals surface area contributed by atoms with Gasteiger partial charge in [-0.05, 0) is 31.0 Å². The minimum atomic E-state index is 0.519. The van der Waals surface area contributed by atoms with Crippen LogP contribution in [0.2, 0.25) is 10.2 Å². The van der Waals surface area contributed by atoms with Gasteiger partial charge < -0.3 is 4.98 Å². The van der Waals surface area contributed by atoms with Gasteiger partial charge in [0.15, 0.2) is 0 Å². The average Bonchev–Trinajstić information content (AvgIpc) is 2.37. The van der Waals surface area contributed by atoms with Crippen molar-refractivity contribution in [3.05, 3.63) is 33.4 Å². The minimum Gasteiger partial charge on any atom is -0.344 e. The number of fused-ring (bicyclic) bond motifs is 1. The fourth-order valence-corrected chi connectivity index (χ4v) is 1.97. The van der Waals surface area contributed by atoms with Crippen molar-refractivity contribution in [2.24, 2.45) is 0 Å². The predicted octanol–water partition coefficient (Wildman–Crippen LogP) is 4.09. The third-order valence-electron chi connectivity index (χ3n) is 2.39. The van der Waals surface area contributed by atoms with E-state index in [1.54, 1.807) is 0 Å².